The van der Waals surface area contributed by atoms with Crippen molar-refractivity contribution >= 4 is 5.70 Å². The van der Waals surface area contributed by atoms with Crippen molar-refractivity contribution in [3.63, 3.8) is 0 Å². The molecule has 3 aromatic carbocycles. The largest absolute Gasteiger partial charge is 0.271 e. The van der Waals surface area contributed by atoms with Crippen molar-refractivity contribution in [2.45, 2.75) is 46.1 Å². The first kappa shape index (κ1) is 19.5. The Balaban J connectivity index is 1.46. The van der Waals surface area contributed by atoms with Gasteiger partial charge in [-0.1, -0.05) is 86.6 Å². The summed E-state index contributed by atoms with van der Waals surface area (Å²) >= 11 is 0. The second kappa shape index (κ2) is 8.67. The van der Waals surface area contributed by atoms with Gasteiger partial charge in [0, 0.05) is 0 Å². The molecule has 148 valence electrons. The first-order chi connectivity index (χ1) is 14.1. The molecule has 1 aliphatic carbocycles. The van der Waals surface area contributed by atoms with Crippen molar-refractivity contribution in [1.29, 1.82) is 0 Å². The summed E-state index contributed by atoms with van der Waals surface area (Å²) in [5.74, 6) is 0.546. The molecule has 0 unspecified atom stereocenters. The Morgan fingerprint density at radius 1 is 0.897 bits per heavy atom. The number of hydroxylamine groups is 1. The van der Waals surface area contributed by atoms with Crippen molar-refractivity contribution < 1.29 is 4.84 Å². The minimum Gasteiger partial charge on any atom is -0.271 e. The van der Waals surface area contributed by atoms with E-state index in [0.717, 1.165) is 18.5 Å². The van der Waals surface area contributed by atoms with E-state index >= 15 is 0 Å². The lowest BCUT2D eigenvalue weighted by Crippen LogP contribution is -2.14. The summed E-state index contributed by atoms with van der Waals surface area (Å²) in [6.07, 6.45) is 2.31. The summed E-state index contributed by atoms with van der Waals surface area (Å²) in [5, 5.41) is 0. The molecule has 3 aromatic rings. The van der Waals surface area contributed by atoms with Crippen LogP contribution in [-0.2, 0) is 11.4 Å². The summed E-state index contributed by atoms with van der Waals surface area (Å²) in [6, 6.07) is 25.8. The maximum atomic E-state index is 5.98. The lowest BCUT2D eigenvalue weighted by atomic mass is 9.97. The zero-order valence-corrected chi connectivity index (χ0v) is 17.5. The molecule has 0 spiro atoms. The maximum absolute atomic E-state index is 5.98. The number of benzene rings is 3. The molecule has 2 heteroatoms. The Kier molecular flexibility index (Phi) is 5.82. The first-order valence-corrected chi connectivity index (χ1v) is 10.5. The van der Waals surface area contributed by atoms with Crippen LogP contribution in [0.5, 0.6) is 0 Å². The van der Waals surface area contributed by atoms with E-state index < -0.39 is 0 Å². The summed E-state index contributed by atoms with van der Waals surface area (Å²) in [4.78, 5) is 5.98. The van der Waals surface area contributed by atoms with E-state index in [2.05, 4.69) is 99.0 Å². The van der Waals surface area contributed by atoms with E-state index in [1.54, 1.807) is 0 Å². The predicted octanol–water partition coefficient (Wildman–Crippen LogP) is 7.01. The first-order valence-electron chi connectivity index (χ1n) is 10.5. The van der Waals surface area contributed by atoms with E-state index in [-0.39, 0.29) is 0 Å². The number of rotatable bonds is 7. The molecule has 1 fully saturated rings. The molecule has 0 bridgehead atoms. The van der Waals surface area contributed by atoms with Crippen LogP contribution in [0.2, 0.25) is 0 Å². The van der Waals surface area contributed by atoms with Crippen LogP contribution in [-0.4, -0.2) is 0 Å². The number of nitrogens with one attached hydrogen (secondary N) is 1. The van der Waals surface area contributed by atoms with Crippen molar-refractivity contribution in [1.82, 2.24) is 5.48 Å². The molecular formula is C27H29NO. The smallest absolute Gasteiger partial charge is 0.0999 e. The third-order valence-electron chi connectivity index (χ3n) is 5.65. The lowest BCUT2D eigenvalue weighted by molar-refractivity contribution is 0.0641. The summed E-state index contributed by atoms with van der Waals surface area (Å²) < 4.78 is 0. The Labute approximate surface area is 174 Å². The normalized spacial score (nSPS) is 12.9. The van der Waals surface area contributed by atoms with Gasteiger partial charge in [-0.15, -0.1) is 0 Å². The third-order valence-corrected chi connectivity index (χ3v) is 5.65. The van der Waals surface area contributed by atoms with Gasteiger partial charge in [-0.3, -0.25) is 10.3 Å². The molecule has 1 N–H and O–H groups in total. The molecule has 0 saturated heterocycles. The molecule has 0 radical (unpaired) electrons. The summed E-state index contributed by atoms with van der Waals surface area (Å²) in [6.45, 7) is 7.16. The van der Waals surface area contributed by atoms with Gasteiger partial charge < -0.3 is 0 Å². The minimum atomic E-state index is 0.535. The summed E-state index contributed by atoms with van der Waals surface area (Å²) in [5.41, 5.74) is 13.4. The van der Waals surface area contributed by atoms with E-state index in [9.17, 15) is 0 Å². The Bertz CT molecular complexity index is 994. The highest BCUT2D eigenvalue weighted by atomic mass is 16.6. The second-order valence-corrected chi connectivity index (χ2v) is 8.10. The molecule has 4 rings (SSSR count). The lowest BCUT2D eigenvalue weighted by Gasteiger charge is -2.15. The second-order valence-electron chi connectivity index (χ2n) is 8.10. The fraction of sp³-hybridized carbons (Fsp3) is 0.259. The molecule has 0 aromatic heterocycles. The standard InChI is InChI=1S/C27H29NO/c1-19(2)21-12-14-23(15-13-21)27(24-16-17-24)28-29-18-25-10-7-11-26(20(25)3)22-8-5-4-6-9-22/h4-15,19,28H,16-18H2,1-3H3. The SMILES string of the molecule is Cc1c(CONC(=C2CC2)c2ccc(C(C)C)cc2)cccc1-c1ccccc1. The molecule has 2 nitrogen and oxygen atoms in total. The van der Waals surface area contributed by atoms with Gasteiger partial charge in [0.2, 0.25) is 0 Å². The zero-order valence-electron chi connectivity index (χ0n) is 17.5. The molecule has 29 heavy (non-hydrogen) atoms. The molecule has 0 atom stereocenters. The van der Waals surface area contributed by atoms with Crippen molar-refractivity contribution in [2.24, 2.45) is 0 Å². The van der Waals surface area contributed by atoms with Gasteiger partial charge in [0.1, 0.15) is 0 Å². The molecule has 0 heterocycles. The molecule has 1 aliphatic rings. The van der Waals surface area contributed by atoms with E-state index in [1.165, 1.54) is 39.0 Å². The highest BCUT2D eigenvalue weighted by Gasteiger charge is 2.19. The quantitative estimate of drug-likeness (QED) is 0.443. The Morgan fingerprint density at radius 3 is 2.28 bits per heavy atom. The van der Waals surface area contributed by atoms with Crippen LogP contribution < -0.4 is 5.48 Å². The number of hydrogen-bond acceptors (Lipinski definition) is 2. The van der Waals surface area contributed by atoms with E-state index in [0.29, 0.717) is 12.5 Å². The van der Waals surface area contributed by atoms with Gasteiger partial charge in [-0.2, -0.15) is 0 Å². The number of allylic oxidation sites excluding steroid dienone is 1. The third kappa shape index (κ3) is 4.60. The Hall–Kier alpha value is -2.84. The average molecular weight is 384 g/mol. The van der Waals surface area contributed by atoms with Crippen molar-refractivity contribution in [2.75, 3.05) is 0 Å². The Morgan fingerprint density at radius 2 is 1.62 bits per heavy atom. The van der Waals surface area contributed by atoms with Crippen LogP contribution in [0.15, 0.2) is 78.4 Å². The van der Waals surface area contributed by atoms with Gasteiger partial charge >= 0.3 is 0 Å². The molecule has 1 saturated carbocycles. The predicted molar refractivity (Wildman–Crippen MR) is 121 cm³/mol. The van der Waals surface area contributed by atoms with Gasteiger partial charge in [-0.25, -0.2) is 0 Å². The minimum absolute atomic E-state index is 0.535. The monoisotopic (exact) mass is 383 g/mol. The average Bonchev–Trinajstić information content (AvgIpc) is 3.58. The van der Waals surface area contributed by atoms with Crippen LogP contribution in [0.3, 0.4) is 0 Å². The highest BCUT2D eigenvalue weighted by molar-refractivity contribution is 5.70. The van der Waals surface area contributed by atoms with Gasteiger partial charge in [-0.05, 0) is 64.6 Å². The van der Waals surface area contributed by atoms with Crippen LogP contribution in [0.1, 0.15) is 54.9 Å². The van der Waals surface area contributed by atoms with Gasteiger partial charge in [0.15, 0.2) is 0 Å². The zero-order chi connectivity index (χ0) is 20.2. The van der Waals surface area contributed by atoms with E-state index in [4.69, 9.17) is 4.84 Å². The number of hydrogen-bond donors (Lipinski definition) is 1. The maximum Gasteiger partial charge on any atom is 0.0999 e. The van der Waals surface area contributed by atoms with Crippen LogP contribution in [0, 0.1) is 6.92 Å². The van der Waals surface area contributed by atoms with Crippen molar-refractivity contribution in [3.8, 4) is 11.1 Å². The van der Waals surface area contributed by atoms with Crippen LogP contribution in [0.4, 0.5) is 0 Å². The fourth-order valence-corrected chi connectivity index (χ4v) is 3.64. The van der Waals surface area contributed by atoms with Gasteiger partial charge in [0.05, 0.1) is 12.3 Å². The molecular weight excluding hydrogens is 354 g/mol. The van der Waals surface area contributed by atoms with Crippen molar-refractivity contribution in [3.05, 3.63) is 101 Å². The fourth-order valence-electron chi connectivity index (χ4n) is 3.64. The summed E-state index contributed by atoms with van der Waals surface area (Å²) in [7, 11) is 0. The van der Waals surface area contributed by atoms with E-state index in [1.807, 2.05) is 0 Å². The van der Waals surface area contributed by atoms with Crippen LogP contribution >= 0.6 is 0 Å². The van der Waals surface area contributed by atoms with Crippen LogP contribution in [0.25, 0.3) is 16.8 Å². The van der Waals surface area contributed by atoms with Gasteiger partial charge in [0.25, 0.3) is 0 Å². The molecule has 0 amide bonds. The molecule has 0 aliphatic heterocycles. The highest BCUT2D eigenvalue weighted by Crippen LogP contribution is 2.35. The topological polar surface area (TPSA) is 21.3 Å².